The molecule has 0 atom stereocenters. The summed E-state index contributed by atoms with van der Waals surface area (Å²) in [5.74, 6) is 0.116. The third-order valence-corrected chi connectivity index (χ3v) is 4.04. The predicted molar refractivity (Wildman–Crippen MR) is 63.4 cm³/mol. The molecule has 90 valence electrons. The van der Waals surface area contributed by atoms with Crippen LogP contribution in [0.1, 0.15) is 5.56 Å². The normalized spacial score (nSPS) is 11.9. The number of hydrogen-bond donors (Lipinski definition) is 1. The van der Waals surface area contributed by atoms with Crippen molar-refractivity contribution in [1.29, 1.82) is 0 Å². The highest BCUT2D eigenvalue weighted by molar-refractivity contribution is 7.89. The van der Waals surface area contributed by atoms with Crippen molar-refractivity contribution >= 4 is 10.0 Å². The van der Waals surface area contributed by atoms with Crippen molar-refractivity contribution < 1.29 is 8.42 Å². The van der Waals surface area contributed by atoms with Crippen LogP contribution >= 0.6 is 0 Å². The number of nitrogens with zero attached hydrogens (tertiary/aromatic N) is 2. The van der Waals surface area contributed by atoms with Gasteiger partial charge in [0.25, 0.3) is 0 Å². The van der Waals surface area contributed by atoms with Gasteiger partial charge in [-0.3, -0.25) is 4.98 Å². The monoisotopic (exact) mass is 243 g/mol. The van der Waals surface area contributed by atoms with Crippen LogP contribution in [0.15, 0.2) is 24.5 Å². The van der Waals surface area contributed by atoms with Crippen LogP contribution in [0.2, 0.25) is 0 Å². The van der Waals surface area contributed by atoms with E-state index in [9.17, 15) is 8.42 Å². The number of pyridine rings is 1. The molecule has 0 amide bonds. The van der Waals surface area contributed by atoms with E-state index in [2.05, 4.69) is 10.3 Å². The average molecular weight is 243 g/mol. The van der Waals surface area contributed by atoms with Crippen LogP contribution in [-0.2, 0) is 16.6 Å². The molecule has 0 spiro atoms. The Morgan fingerprint density at radius 2 is 2.00 bits per heavy atom. The van der Waals surface area contributed by atoms with Gasteiger partial charge in [0.05, 0.1) is 5.75 Å². The average Bonchev–Trinajstić information content (AvgIpc) is 2.28. The first-order chi connectivity index (χ1) is 7.56. The molecule has 6 heteroatoms. The fraction of sp³-hybridized carbons (Fsp3) is 0.500. The molecule has 1 N–H and O–H groups in total. The zero-order valence-electron chi connectivity index (χ0n) is 9.55. The van der Waals surface area contributed by atoms with Gasteiger partial charge in [-0.2, -0.15) is 0 Å². The number of nitrogens with one attached hydrogen (secondary N) is 1. The highest BCUT2D eigenvalue weighted by Crippen LogP contribution is 2.05. The van der Waals surface area contributed by atoms with Gasteiger partial charge in [0.15, 0.2) is 0 Å². The molecule has 0 saturated carbocycles. The van der Waals surface area contributed by atoms with E-state index >= 15 is 0 Å². The molecule has 0 unspecified atom stereocenters. The standard InChI is InChI=1S/C10H17N3O2S/c1-11-7-8-16(14,15)13(2)9-10-3-5-12-6-4-10/h3-6,11H,7-9H2,1-2H3. The summed E-state index contributed by atoms with van der Waals surface area (Å²) in [7, 11) is 0.153. The lowest BCUT2D eigenvalue weighted by Gasteiger charge is -2.16. The van der Waals surface area contributed by atoms with Gasteiger partial charge in [0, 0.05) is 32.5 Å². The minimum absolute atomic E-state index is 0.116. The van der Waals surface area contributed by atoms with Crippen molar-refractivity contribution in [1.82, 2.24) is 14.6 Å². The molecule has 1 rings (SSSR count). The molecule has 0 radical (unpaired) electrons. The first-order valence-electron chi connectivity index (χ1n) is 5.04. The Balaban J connectivity index is 2.61. The summed E-state index contributed by atoms with van der Waals surface area (Å²) in [5.41, 5.74) is 0.936. The zero-order chi connectivity index (χ0) is 12.0. The third-order valence-electron chi connectivity index (χ3n) is 2.24. The number of rotatable bonds is 6. The molecule has 16 heavy (non-hydrogen) atoms. The van der Waals surface area contributed by atoms with Crippen LogP contribution in [0.25, 0.3) is 0 Å². The molecule has 0 aromatic carbocycles. The summed E-state index contributed by atoms with van der Waals surface area (Å²) < 4.78 is 24.9. The van der Waals surface area contributed by atoms with Crippen molar-refractivity contribution in [2.45, 2.75) is 6.54 Å². The minimum atomic E-state index is -3.17. The fourth-order valence-corrected chi connectivity index (χ4v) is 2.35. The van der Waals surface area contributed by atoms with Gasteiger partial charge in [-0.15, -0.1) is 0 Å². The Bertz CT molecular complexity index is 405. The Labute approximate surface area is 96.5 Å². The maximum absolute atomic E-state index is 11.8. The third kappa shape index (κ3) is 3.88. The molecule has 0 bridgehead atoms. The van der Waals surface area contributed by atoms with E-state index in [1.807, 2.05) is 12.1 Å². The molecule has 1 aromatic rings. The van der Waals surface area contributed by atoms with Crippen molar-refractivity contribution in [3.63, 3.8) is 0 Å². The Kier molecular flexibility index (Phi) is 4.85. The van der Waals surface area contributed by atoms with Crippen LogP contribution in [0.5, 0.6) is 0 Å². The quantitative estimate of drug-likeness (QED) is 0.767. The zero-order valence-corrected chi connectivity index (χ0v) is 10.4. The van der Waals surface area contributed by atoms with E-state index in [4.69, 9.17) is 0 Å². The first kappa shape index (κ1) is 13.1. The molecule has 5 nitrogen and oxygen atoms in total. The van der Waals surface area contributed by atoms with Crippen LogP contribution in [0.4, 0.5) is 0 Å². The molecule has 0 aliphatic rings. The van der Waals surface area contributed by atoms with Crippen molar-refractivity contribution in [3.8, 4) is 0 Å². The summed E-state index contributed by atoms with van der Waals surface area (Å²) in [6, 6.07) is 3.62. The van der Waals surface area contributed by atoms with Crippen LogP contribution in [-0.4, -0.2) is 44.1 Å². The van der Waals surface area contributed by atoms with Gasteiger partial charge in [-0.25, -0.2) is 12.7 Å². The molecule has 0 aliphatic heterocycles. The molecular weight excluding hydrogens is 226 g/mol. The van der Waals surface area contributed by atoms with Crippen molar-refractivity contribution in [2.75, 3.05) is 26.4 Å². The summed E-state index contributed by atoms with van der Waals surface area (Å²) in [6.45, 7) is 0.845. The lowest BCUT2D eigenvalue weighted by atomic mass is 10.3. The number of sulfonamides is 1. The maximum Gasteiger partial charge on any atom is 0.215 e. The van der Waals surface area contributed by atoms with E-state index in [-0.39, 0.29) is 5.75 Å². The van der Waals surface area contributed by atoms with E-state index in [0.717, 1.165) is 5.56 Å². The fourth-order valence-electron chi connectivity index (χ4n) is 1.23. The summed E-state index contributed by atoms with van der Waals surface area (Å²) >= 11 is 0. The SMILES string of the molecule is CNCCS(=O)(=O)N(C)Cc1ccncc1. The second-order valence-corrected chi connectivity index (χ2v) is 5.73. The summed E-state index contributed by atoms with van der Waals surface area (Å²) in [4.78, 5) is 3.89. The maximum atomic E-state index is 11.8. The highest BCUT2D eigenvalue weighted by atomic mass is 32.2. The molecule has 0 aliphatic carbocycles. The van der Waals surface area contributed by atoms with E-state index in [0.29, 0.717) is 13.1 Å². The van der Waals surface area contributed by atoms with Gasteiger partial charge in [-0.1, -0.05) is 0 Å². The largest absolute Gasteiger partial charge is 0.319 e. The molecular formula is C10H17N3O2S. The lowest BCUT2D eigenvalue weighted by Crippen LogP contribution is -2.32. The molecule has 1 heterocycles. The lowest BCUT2D eigenvalue weighted by molar-refractivity contribution is 0.465. The van der Waals surface area contributed by atoms with Crippen molar-refractivity contribution in [2.24, 2.45) is 0 Å². The van der Waals surface area contributed by atoms with Crippen LogP contribution in [0, 0.1) is 0 Å². The second kappa shape index (κ2) is 5.93. The number of aromatic nitrogens is 1. The van der Waals surface area contributed by atoms with E-state index in [1.165, 1.54) is 4.31 Å². The molecule has 1 aromatic heterocycles. The van der Waals surface area contributed by atoms with Gasteiger partial charge in [0.2, 0.25) is 10.0 Å². The summed E-state index contributed by atoms with van der Waals surface area (Å²) in [6.07, 6.45) is 3.31. The van der Waals surface area contributed by atoms with Gasteiger partial charge in [0.1, 0.15) is 0 Å². The summed E-state index contributed by atoms with van der Waals surface area (Å²) in [5, 5.41) is 2.83. The van der Waals surface area contributed by atoms with Gasteiger partial charge < -0.3 is 5.32 Å². The Morgan fingerprint density at radius 1 is 1.38 bits per heavy atom. The van der Waals surface area contributed by atoms with E-state index in [1.54, 1.807) is 26.5 Å². The van der Waals surface area contributed by atoms with Crippen molar-refractivity contribution in [3.05, 3.63) is 30.1 Å². The Morgan fingerprint density at radius 3 is 2.56 bits per heavy atom. The predicted octanol–water partition coefficient (Wildman–Crippen LogP) is 0.0626. The van der Waals surface area contributed by atoms with E-state index < -0.39 is 10.0 Å². The van der Waals surface area contributed by atoms with Crippen LogP contribution in [0.3, 0.4) is 0 Å². The number of hydrogen-bond acceptors (Lipinski definition) is 4. The topological polar surface area (TPSA) is 62.3 Å². The molecule has 0 fully saturated rings. The van der Waals surface area contributed by atoms with Gasteiger partial charge in [-0.05, 0) is 24.7 Å². The Hall–Kier alpha value is -0.980. The first-order valence-corrected chi connectivity index (χ1v) is 6.64. The van der Waals surface area contributed by atoms with Gasteiger partial charge >= 0.3 is 0 Å². The second-order valence-electron chi connectivity index (χ2n) is 3.53. The smallest absolute Gasteiger partial charge is 0.215 e. The molecule has 0 saturated heterocycles. The minimum Gasteiger partial charge on any atom is -0.319 e. The highest BCUT2D eigenvalue weighted by Gasteiger charge is 2.16. The van der Waals surface area contributed by atoms with Crippen LogP contribution < -0.4 is 5.32 Å².